The number of hydrogen-bond donors (Lipinski definition) is 3. The molecule has 1 atom stereocenters. The minimum Gasteiger partial charge on any atom is -0.348 e. The molecular weight excluding hydrogens is 407 g/mol. The first-order chi connectivity index (χ1) is 13.2. The molecule has 2 rings (SSSR count). The number of benzene rings is 2. The third-order valence-electron chi connectivity index (χ3n) is 4.09. The number of hydrogen-bond acceptors (Lipinski definition) is 3. The molecular formula is C20H23ClF3N3O2. The number of carbonyl (C=O) groups excluding carboxylic acids is 2. The number of carbonyl (C=O) groups is 2. The van der Waals surface area contributed by atoms with Crippen LogP contribution in [0, 0.1) is 0 Å². The van der Waals surface area contributed by atoms with E-state index in [1.165, 1.54) is 0 Å². The van der Waals surface area contributed by atoms with E-state index in [4.69, 9.17) is 5.73 Å². The third-order valence-corrected chi connectivity index (χ3v) is 4.09. The van der Waals surface area contributed by atoms with Crippen LogP contribution in [0.15, 0.2) is 48.5 Å². The van der Waals surface area contributed by atoms with Crippen molar-refractivity contribution in [1.82, 2.24) is 5.32 Å². The summed E-state index contributed by atoms with van der Waals surface area (Å²) in [7, 11) is 0. The molecule has 158 valence electrons. The smallest absolute Gasteiger partial charge is 0.348 e. The van der Waals surface area contributed by atoms with Crippen molar-refractivity contribution < 1.29 is 22.8 Å². The van der Waals surface area contributed by atoms with Gasteiger partial charge in [0.25, 0.3) is 5.91 Å². The normalized spacial score (nSPS) is 11.9. The van der Waals surface area contributed by atoms with Crippen molar-refractivity contribution in [3.63, 3.8) is 0 Å². The number of nitrogens with two attached hydrogens (primary N) is 1. The summed E-state index contributed by atoms with van der Waals surface area (Å²) in [6.45, 7) is 2.14. The number of nitrogens with one attached hydrogen (secondary N) is 2. The number of halogens is 4. The Balaban J connectivity index is 0.00000420. The molecule has 0 heterocycles. The minimum absolute atomic E-state index is 0. The van der Waals surface area contributed by atoms with Crippen molar-refractivity contribution in [2.75, 3.05) is 5.32 Å². The van der Waals surface area contributed by atoms with Gasteiger partial charge in [0.1, 0.15) is 0 Å². The lowest BCUT2D eigenvalue weighted by Gasteiger charge is -2.12. The monoisotopic (exact) mass is 429 g/mol. The molecule has 0 bridgehead atoms. The average Bonchev–Trinajstić information content (AvgIpc) is 2.66. The summed E-state index contributed by atoms with van der Waals surface area (Å²) in [6.07, 6.45) is -3.03. The summed E-state index contributed by atoms with van der Waals surface area (Å²) in [6, 6.07) is 10.3. The Morgan fingerprint density at radius 1 is 1.03 bits per heavy atom. The van der Waals surface area contributed by atoms with Crippen molar-refractivity contribution in [2.45, 2.75) is 38.5 Å². The molecule has 2 amide bonds. The number of anilines is 1. The predicted molar refractivity (Wildman–Crippen MR) is 108 cm³/mol. The van der Waals surface area contributed by atoms with E-state index in [1.54, 1.807) is 24.3 Å². The number of rotatable bonds is 7. The molecule has 0 spiro atoms. The van der Waals surface area contributed by atoms with Crippen molar-refractivity contribution >= 4 is 29.9 Å². The summed E-state index contributed by atoms with van der Waals surface area (Å²) in [4.78, 5) is 23.9. The lowest BCUT2D eigenvalue weighted by Crippen LogP contribution is -2.35. The van der Waals surface area contributed by atoms with Crippen LogP contribution in [0.3, 0.4) is 0 Å². The van der Waals surface area contributed by atoms with E-state index in [2.05, 4.69) is 10.6 Å². The molecule has 0 radical (unpaired) electrons. The van der Waals surface area contributed by atoms with Crippen LogP contribution in [0.4, 0.5) is 18.9 Å². The maximum absolute atomic E-state index is 12.6. The summed E-state index contributed by atoms with van der Waals surface area (Å²) >= 11 is 0. The maximum Gasteiger partial charge on any atom is 0.416 e. The Kier molecular flexibility index (Phi) is 9.13. The van der Waals surface area contributed by atoms with Crippen molar-refractivity contribution in [3.05, 3.63) is 65.2 Å². The molecule has 9 heteroatoms. The van der Waals surface area contributed by atoms with E-state index in [9.17, 15) is 22.8 Å². The largest absolute Gasteiger partial charge is 0.416 e. The second kappa shape index (κ2) is 10.8. The van der Waals surface area contributed by atoms with Gasteiger partial charge in [-0.2, -0.15) is 13.2 Å². The first-order valence-corrected chi connectivity index (χ1v) is 8.81. The van der Waals surface area contributed by atoms with Crippen LogP contribution >= 0.6 is 12.4 Å². The highest BCUT2D eigenvalue weighted by atomic mass is 35.5. The van der Waals surface area contributed by atoms with Gasteiger partial charge in [0.2, 0.25) is 5.91 Å². The maximum atomic E-state index is 12.6. The molecule has 2 aromatic carbocycles. The molecule has 0 saturated heterocycles. The Labute approximate surface area is 173 Å². The SMILES string of the molecule is CCCC(N)C(=O)Nc1ccc(CNC(=O)c2ccc(C(F)(F)F)cc2)cc1.Cl. The van der Waals surface area contributed by atoms with Gasteiger partial charge in [-0.05, 0) is 48.4 Å². The lowest BCUT2D eigenvalue weighted by atomic mass is 10.1. The number of alkyl halides is 3. The second-order valence-electron chi connectivity index (χ2n) is 6.34. The van der Waals surface area contributed by atoms with Gasteiger partial charge in [0.05, 0.1) is 11.6 Å². The molecule has 0 aliphatic rings. The van der Waals surface area contributed by atoms with E-state index in [1.807, 2.05) is 6.92 Å². The molecule has 29 heavy (non-hydrogen) atoms. The highest BCUT2D eigenvalue weighted by molar-refractivity contribution is 5.95. The van der Waals surface area contributed by atoms with Crippen LogP contribution in [-0.2, 0) is 17.5 Å². The Bertz CT molecular complexity index is 809. The molecule has 0 aliphatic carbocycles. The van der Waals surface area contributed by atoms with Gasteiger partial charge in [-0.25, -0.2) is 0 Å². The van der Waals surface area contributed by atoms with Gasteiger partial charge < -0.3 is 16.4 Å². The fraction of sp³-hybridized carbons (Fsp3) is 0.300. The number of amides is 2. The molecule has 0 aliphatic heterocycles. The van der Waals surface area contributed by atoms with E-state index >= 15 is 0 Å². The van der Waals surface area contributed by atoms with Gasteiger partial charge in [-0.15, -0.1) is 12.4 Å². The summed E-state index contributed by atoms with van der Waals surface area (Å²) in [5.41, 5.74) is 6.45. The topological polar surface area (TPSA) is 84.2 Å². The highest BCUT2D eigenvalue weighted by Crippen LogP contribution is 2.29. The van der Waals surface area contributed by atoms with Crippen LogP contribution in [0.2, 0.25) is 0 Å². The van der Waals surface area contributed by atoms with E-state index in [-0.39, 0.29) is 30.4 Å². The van der Waals surface area contributed by atoms with Gasteiger partial charge >= 0.3 is 6.18 Å². The van der Waals surface area contributed by atoms with Crippen molar-refractivity contribution in [3.8, 4) is 0 Å². The highest BCUT2D eigenvalue weighted by Gasteiger charge is 2.30. The van der Waals surface area contributed by atoms with Gasteiger partial charge in [-0.3, -0.25) is 9.59 Å². The summed E-state index contributed by atoms with van der Waals surface area (Å²) in [5, 5.41) is 5.36. The van der Waals surface area contributed by atoms with E-state index in [0.29, 0.717) is 12.1 Å². The van der Waals surface area contributed by atoms with Crippen LogP contribution in [-0.4, -0.2) is 17.9 Å². The third kappa shape index (κ3) is 7.40. The molecule has 2 aromatic rings. The van der Waals surface area contributed by atoms with Crippen molar-refractivity contribution in [1.29, 1.82) is 0 Å². The lowest BCUT2D eigenvalue weighted by molar-refractivity contribution is -0.137. The zero-order valence-electron chi connectivity index (χ0n) is 15.8. The van der Waals surface area contributed by atoms with E-state index in [0.717, 1.165) is 36.2 Å². The van der Waals surface area contributed by atoms with Gasteiger partial charge in [0, 0.05) is 17.8 Å². The van der Waals surface area contributed by atoms with Crippen molar-refractivity contribution in [2.24, 2.45) is 5.73 Å². The molecule has 0 fully saturated rings. The molecule has 0 aromatic heterocycles. The van der Waals surface area contributed by atoms with Crippen LogP contribution in [0.25, 0.3) is 0 Å². The first-order valence-electron chi connectivity index (χ1n) is 8.81. The predicted octanol–water partition coefficient (Wildman–Crippen LogP) is 4.12. The van der Waals surface area contributed by atoms with Gasteiger partial charge in [0.15, 0.2) is 0 Å². The molecule has 0 saturated carbocycles. The minimum atomic E-state index is -4.44. The summed E-state index contributed by atoms with van der Waals surface area (Å²) < 4.78 is 37.7. The van der Waals surface area contributed by atoms with Crippen LogP contribution in [0.1, 0.15) is 41.3 Å². The molecule has 4 N–H and O–H groups in total. The van der Waals surface area contributed by atoms with Crippen LogP contribution < -0.4 is 16.4 Å². The molecule has 1 unspecified atom stereocenters. The quantitative estimate of drug-likeness (QED) is 0.619. The van der Waals surface area contributed by atoms with Crippen LogP contribution in [0.5, 0.6) is 0 Å². The Hall–Kier alpha value is -2.58. The summed E-state index contributed by atoms with van der Waals surface area (Å²) in [5.74, 6) is -0.734. The van der Waals surface area contributed by atoms with E-state index < -0.39 is 23.7 Å². The second-order valence-corrected chi connectivity index (χ2v) is 6.34. The zero-order valence-corrected chi connectivity index (χ0v) is 16.6. The average molecular weight is 430 g/mol. The fourth-order valence-electron chi connectivity index (χ4n) is 2.48. The Morgan fingerprint density at radius 2 is 1.62 bits per heavy atom. The zero-order chi connectivity index (χ0) is 20.7. The fourth-order valence-corrected chi connectivity index (χ4v) is 2.48. The first kappa shape index (κ1) is 24.5. The standard InChI is InChI=1S/C20H22F3N3O2.ClH/c1-2-3-17(24)19(28)26-16-10-4-13(5-11-16)12-25-18(27)14-6-8-15(9-7-14)20(21,22)23;/h4-11,17H,2-3,12,24H2,1H3,(H,25,27)(H,26,28);1H. The van der Waals surface area contributed by atoms with Gasteiger partial charge in [-0.1, -0.05) is 25.5 Å². The molecule has 5 nitrogen and oxygen atoms in total. The Morgan fingerprint density at radius 3 is 2.14 bits per heavy atom.